The monoisotopic (exact) mass is 405 g/mol. The molecule has 3 rings (SSSR count). The largest absolute Gasteiger partial charge is 0.492 e. The van der Waals surface area contributed by atoms with Gasteiger partial charge in [0.2, 0.25) is 5.91 Å². The number of rotatable bonds is 7. The molecular formula is C24H27N3O3. The van der Waals surface area contributed by atoms with E-state index in [0.29, 0.717) is 30.2 Å². The van der Waals surface area contributed by atoms with Gasteiger partial charge in [0, 0.05) is 11.6 Å². The first kappa shape index (κ1) is 21.3. The van der Waals surface area contributed by atoms with Gasteiger partial charge in [0.05, 0.1) is 18.0 Å². The Morgan fingerprint density at radius 3 is 2.53 bits per heavy atom. The summed E-state index contributed by atoms with van der Waals surface area (Å²) < 4.78 is 6.85. The third-order valence-corrected chi connectivity index (χ3v) is 5.06. The summed E-state index contributed by atoms with van der Waals surface area (Å²) in [7, 11) is 0. The fourth-order valence-corrected chi connectivity index (χ4v) is 3.24. The summed E-state index contributed by atoms with van der Waals surface area (Å²) in [6.45, 7) is 8.31. The highest BCUT2D eigenvalue weighted by molar-refractivity contribution is 5.95. The van der Waals surface area contributed by atoms with Crippen LogP contribution < -0.4 is 15.6 Å². The normalized spacial score (nSPS) is 11.7. The SMILES string of the molecule is CCOc1ccccc1NC(=O)[C@H](CC)n1nc(-c2ccc(C)c(C)c2)ccc1=O. The third kappa shape index (κ3) is 4.59. The standard InChI is InChI=1S/C24H27N3O3/c1-5-21(24(29)25-20-9-7-8-10-22(20)30-6-2)27-23(28)14-13-19(26-27)18-12-11-16(3)17(4)15-18/h7-15,21H,5-6H2,1-4H3,(H,25,29)/t21-/m0/s1. The molecule has 156 valence electrons. The number of ether oxygens (including phenoxy) is 1. The zero-order valence-corrected chi connectivity index (χ0v) is 17.8. The van der Waals surface area contributed by atoms with Crippen LogP contribution in [0.15, 0.2) is 59.4 Å². The Hall–Kier alpha value is -3.41. The number of carbonyl (C=O) groups is 1. The zero-order chi connectivity index (χ0) is 21.7. The topological polar surface area (TPSA) is 73.2 Å². The predicted octanol–water partition coefficient (Wildman–Crippen LogP) is 4.52. The first-order valence-corrected chi connectivity index (χ1v) is 10.1. The summed E-state index contributed by atoms with van der Waals surface area (Å²) in [6, 6.07) is 15.7. The van der Waals surface area contributed by atoms with E-state index in [0.717, 1.165) is 11.1 Å². The number of benzene rings is 2. The molecular weight excluding hydrogens is 378 g/mol. The van der Waals surface area contributed by atoms with E-state index in [2.05, 4.69) is 10.4 Å². The molecule has 1 heterocycles. The van der Waals surface area contributed by atoms with Crippen molar-refractivity contribution in [1.82, 2.24) is 9.78 Å². The van der Waals surface area contributed by atoms with E-state index in [1.165, 1.54) is 16.3 Å². The van der Waals surface area contributed by atoms with Crippen LogP contribution in [0.4, 0.5) is 5.69 Å². The Morgan fingerprint density at radius 2 is 1.83 bits per heavy atom. The minimum absolute atomic E-state index is 0.309. The van der Waals surface area contributed by atoms with Crippen molar-refractivity contribution in [1.29, 1.82) is 0 Å². The van der Waals surface area contributed by atoms with Crippen LogP contribution in [0, 0.1) is 13.8 Å². The second kappa shape index (κ2) is 9.39. The highest BCUT2D eigenvalue weighted by Gasteiger charge is 2.22. The molecule has 0 spiro atoms. The van der Waals surface area contributed by atoms with Gasteiger partial charge >= 0.3 is 0 Å². The number of aromatic nitrogens is 2. The molecule has 30 heavy (non-hydrogen) atoms. The summed E-state index contributed by atoms with van der Waals surface area (Å²) >= 11 is 0. The van der Waals surface area contributed by atoms with Gasteiger partial charge in [-0.1, -0.05) is 31.2 Å². The highest BCUT2D eigenvalue weighted by atomic mass is 16.5. The first-order valence-electron chi connectivity index (χ1n) is 10.1. The minimum Gasteiger partial charge on any atom is -0.492 e. The van der Waals surface area contributed by atoms with Crippen molar-refractivity contribution in [3.05, 3.63) is 76.1 Å². The van der Waals surface area contributed by atoms with E-state index in [9.17, 15) is 9.59 Å². The summed E-state index contributed by atoms with van der Waals surface area (Å²) in [5.41, 5.74) is 4.14. The molecule has 0 fully saturated rings. The van der Waals surface area contributed by atoms with Crippen molar-refractivity contribution in [3.8, 4) is 17.0 Å². The molecule has 2 aromatic carbocycles. The van der Waals surface area contributed by atoms with Gasteiger partial charge in [-0.3, -0.25) is 9.59 Å². The number of anilines is 1. The summed E-state index contributed by atoms with van der Waals surface area (Å²) in [5.74, 6) is 0.281. The molecule has 1 amide bonds. The Balaban J connectivity index is 1.93. The molecule has 1 atom stereocenters. The molecule has 1 aromatic heterocycles. The van der Waals surface area contributed by atoms with E-state index < -0.39 is 6.04 Å². The van der Waals surface area contributed by atoms with Crippen molar-refractivity contribution < 1.29 is 9.53 Å². The molecule has 0 bridgehead atoms. The lowest BCUT2D eigenvalue weighted by atomic mass is 10.0. The van der Waals surface area contributed by atoms with E-state index in [-0.39, 0.29) is 11.5 Å². The smallest absolute Gasteiger partial charge is 0.267 e. The van der Waals surface area contributed by atoms with Gasteiger partial charge in [-0.2, -0.15) is 5.10 Å². The lowest BCUT2D eigenvalue weighted by Crippen LogP contribution is -2.34. The highest BCUT2D eigenvalue weighted by Crippen LogP contribution is 2.25. The van der Waals surface area contributed by atoms with Crippen LogP contribution in [0.1, 0.15) is 37.4 Å². The van der Waals surface area contributed by atoms with Crippen molar-refractivity contribution >= 4 is 11.6 Å². The third-order valence-electron chi connectivity index (χ3n) is 5.06. The number of para-hydroxylation sites is 2. The number of nitrogens with one attached hydrogen (secondary N) is 1. The van der Waals surface area contributed by atoms with E-state index >= 15 is 0 Å². The summed E-state index contributed by atoms with van der Waals surface area (Å²) in [6.07, 6.45) is 0.423. The Labute approximate surface area is 176 Å². The van der Waals surface area contributed by atoms with Crippen LogP contribution in [0.5, 0.6) is 5.75 Å². The van der Waals surface area contributed by atoms with Gasteiger partial charge in [-0.15, -0.1) is 0 Å². The van der Waals surface area contributed by atoms with Crippen molar-refractivity contribution in [2.24, 2.45) is 0 Å². The molecule has 0 saturated carbocycles. The molecule has 3 aromatic rings. The van der Waals surface area contributed by atoms with Crippen LogP contribution in [0.2, 0.25) is 0 Å². The number of hydrogen-bond acceptors (Lipinski definition) is 4. The molecule has 6 heteroatoms. The Bertz CT molecular complexity index is 1100. The van der Waals surface area contributed by atoms with Gasteiger partial charge in [0.25, 0.3) is 5.56 Å². The first-order chi connectivity index (χ1) is 14.4. The van der Waals surface area contributed by atoms with Gasteiger partial charge < -0.3 is 10.1 Å². The lowest BCUT2D eigenvalue weighted by Gasteiger charge is -2.19. The number of hydrogen-bond donors (Lipinski definition) is 1. The van der Waals surface area contributed by atoms with E-state index in [4.69, 9.17) is 4.74 Å². The van der Waals surface area contributed by atoms with Crippen molar-refractivity contribution in [2.75, 3.05) is 11.9 Å². The molecule has 0 unspecified atom stereocenters. The Morgan fingerprint density at radius 1 is 1.07 bits per heavy atom. The molecule has 0 aliphatic carbocycles. The average Bonchev–Trinajstić information content (AvgIpc) is 2.73. The fourth-order valence-electron chi connectivity index (χ4n) is 3.24. The number of nitrogens with zero attached hydrogens (tertiary/aromatic N) is 2. The summed E-state index contributed by atoms with van der Waals surface area (Å²) in [5, 5.41) is 7.40. The van der Waals surface area contributed by atoms with E-state index in [1.54, 1.807) is 18.2 Å². The van der Waals surface area contributed by atoms with Crippen molar-refractivity contribution in [2.45, 2.75) is 40.2 Å². The lowest BCUT2D eigenvalue weighted by molar-refractivity contribution is -0.119. The van der Waals surface area contributed by atoms with Gasteiger partial charge in [-0.05, 0) is 62.6 Å². The maximum atomic E-state index is 13.0. The van der Waals surface area contributed by atoms with Crippen LogP contribution >= 0.6 is 0 Å². The molecule has 0 aliphatic rings. The van der Waals surface area contributed by atoms with Crippen LogP contribution in [0.3, 0.4) is 0 Å². The predicted molar refractivity (Wildman–Crippen MR) is 119 cm³/mol. The quantitative estimate of drug-likeness (QED) is 0.627. The van der Waals surface area contributed by atoms with Crippen LogP contribution in [-0.2, 0) is 4.79 Å². The van der Waals surface area contributed by atoms with Crippen molar-refractivity contribution in [3.63, 3.8) is 0 Å². The number of carbonyl (C=O) groups excluding carboxylic acids is 1. The molecule has 0 radical (unpaired) electrons. The average molecular weight is 405 g/mol. The second-order valence-electron chi connectivity index (χ2n) is 7.14. The number of aryl methyl sites for hydroxylation is 2. The molecule has 1 N–H and O–H groups in total. The van der Waals surface area contributed by atoms with Crippen LogP contribution in [-0.4, -0.2) is 22.3 Å². The van der Waals surface area contributed by atoms with E-state index in [1.807, 2.05) is 58.0 Å². The summed E-state index contributed by atoms with van der Waals surface area (Å²) in [4.78, 5) is 25.6. The fraction of sp³-hybridized carbons (Fsp3) is 0.292. The zero-order valence-electron chi connectivity index (χ0n) is 17.8. The van der Waals surface area contributed by atoms with Crippen LogP contribution in [0.25, 0.3) is 11.3 Å². The maximum Gasteiger partial charge on any atom is 0.267 e. The van der Waals surface area contributed by atoms with Gasteiger partial charge in [-0.25, -0.2) is 4.68 Å². The van der Waals surface area contributed by atoms with Gasteiger partial charge in [0.1, 0.15) is 11.8 Å². The van der Waals surface area contributed by atoms with Gasteiger partial charge in [0.15, 0.2) is 0 Å². The molecule has 0 aliphatic heterocycles. The molecule has 6 nitrogen and oxygen atoms in total. The Kier molecular flexibility index (Phi) is 6.67. The molecule has 0 saturated heterocycles. The second-order valence-corrected chi connectivity index (χ2v) is 7.14. The maximum absolute atomic E-state index is 13.0. The minimum atomic E-state index is -0.737. The number of amides is 1.